The number of primary amides is 1. The van der Waals surface area contributed by atoms with Crippen molar-refractivity contribution in [1.29, 1.82) is 0 Å². The molecule has 0 aromatic carbocycles. The van der Waals surface area contributed by atoms with Crippen molar-refractivity contribution < 1.29 is 29.0 Å². The van der Waals surface area contributed by atoms with E-state index in [2.05, 4.69) is 5.32 Å². The molecule has 0 spiro atoms. The smallest absolute Gasteiger partial charge is 0.326 e. The third-order valence-electron chi connectivity index (χ3n) is 2.41. The van der Waals surface area contributed by atoms with Crippen LogP contribution in [0.3, 0.4) is 0 Å². The first kappa shape index (κ1) is 18.7. The maximum absolute atomic E-state index is 12.0. The maximum Gasteiger partial charge on any atom is 0.326 e. The molecule has 0 saturated carbocycles. The van der Waals surface area contributed by atoms with Crippen molar-refractivity contribution in [2.24, 2.45) is 5.73 Å². The summed E-state index contributed by atoms with van der Waals surface area (Å²) < 4.78 is 4.73. The van der Waals surface area contributed by atoms with Crippen LogP contribution in [0.2, 0.25) is 0 Å². The normalized spacial score (nSPS) is 11.3. The minimum Gasteiger partial charge on any atom is -0.480 e. The van der Waals surface area contributed by atoms with Crippen molar-refractivity contribution in [3.8, 4) is 0 Å². The number of carboxylic acids is 1. The first-order chi connectivity index (χ1) is 9.81. The largest absolute Gasteiger partial charge is 0.480 e. The average Bonchev–Trinajstić information content (AvgIpc) is 2.36. The Morgan fingerprint density at radius 3 is 2.33 bits per heavy atom. The Labute approximate surface area is 122 Å². The van der Waals surface area contributed by atoms with Crippen molar-refractivity contribution >= 4 is 23.9 Å². The van der Waals surface area contributed by atoms with E-state index in [1.807, 2.05) is 0 Å². The van der Waals surface area contributed by atoms with Crippen LogP contribution < -0.4 is 11.1 Å². The summed E-state index contributed by atoms with van der Waals surface area (Å²) >= 11 is 0. The zero-order valence-corrected chi connectivity index (χ0v) is 12.1. The molecule has 0 aromatic rings. The van der Waals surface area contributed by atoms with Crippen molar-refractivity contribution in [3.05, 3.63) is 0 Å². The number of carbonyl (C=O) groups excluding carboxylic acids is 3. The Hall–Kier alpha value is -2.32. The van der Waals surface area contributed by atoms with E-state index in [4.69, 9.17) is 15.6 Å². The molecule has 0 aliphatic rings. The van der Waals surface area contributed by atoms with Gasteiger partial charge < -0.3 is 25.8 Å². The lowest BCUT2D eigenvalue weighted by molar-refractivity contribution is -0.143. The van der Waals surface area contributed by atoms with E-state index in [1.54, 1.807) is 13.8 Å². The minimum absolute atomic E-state index is 0.180. The van der Waals surface area contributed by atoms with Gasteiger partial charge in [0, 0.05) is 6.54 Å². The molecule has 0 saturated heterocycles. The molecule has 0 aromatic heterocycles. The number of esters is 1. The third kappa shape index (κ3) is 7.75. The summed E-state index contributed by atoms with van der Waals surface area (Å²) in [7, 11) is 0. The Balaban J connectivity index is 4.74. The lowest BCUT2D eigenvalue weighted by Gasteiger charge is -2.23. The second-order valence-corrected chi connectivity index (χ2v) is 4.24. The lowest BCUT2D eigenvalue weighted by atomic mass is 10.2. The number of hydrogen-bond donors (Lipinski definition) is 3. The molecular formula is C12H21N3O6. The summed E-state index contributed by atoms with van der Waals surface area (Å²) in [5, 5.41) is 11.1. The molecule has 4 N–H and O–H groups in total. The standard InChI is InChI=1S/C12H21N3O6/c1-3-5-15(7-10(17)21-4-2)12(20)14-8(11(18)19)6-9(13)16/h8H,3-7H2,1-2H3,(H2,13,16)(H,14,20)(H,18,19)/t8-/m1/s1. The van der Waals surface area contributed by atoms with E-state index in [-0.39, 0.29) is 19.7 Å². The van der Waals surface area contributed by atoms with E-state index in [0.29, 0.717) is 6.42 Å². The first-order valence-corrected chi connectivity index (χ1v) is 6.53. The fourth-order valence-corrected chi connectivity index (χ4v) is 1.53. The van der Waals surface area contributed by atoms with Gasteiger partial charge in [-0.15, -0.1) is 0 Å². The predicted molar refractivity (Wildman–Crippen MR) is 72.3 cm³/mol. The molecule has 0 unspecified atom stereocenters. The zero-order chi connectivity index (χ0) is 16.4. The molecule has 9 heteroatoms. The minimum atomic E-state index is -1.43. The van der Waals surface area contributed by atoms with Crippen LogP contribution in [0.1, 0.15) is 26.7 Å². The van der Waals surface area contributed by atoms with Crippen molar-refractivity contribution in [2.45, 2.75) is 32.7 Å². The molecule has 0 aliphatic heterocycles. The lowest BCUT2D eigenvalue weighted by Crippen LogP contribution is -2.50. The second kappa shape index (κ2) is 9.56. The van der Waals surface area contributed by atoms with Crippen molar-refractivity contribution in [2.75, 3.05) is 19.7 Å². The highest BCUT2D eigenvalue weighted by Gasteiger charge is 2.25. The van der Waals surface area contributed by atoms with E-state index < -0.39 is 36.3 Å². The third-order valence-corrected chi connectivity index (χ3v) is 2.41. The number of nitrogens with two attached hydrogens (primary N) is 1. The first-order valence-electron chi connectivity index (χ1n) is 6.53. The van der Waals surface area contributed by atoms with Gasteiger partial charge in [0.2, 0.25) is 5.91 Å². The highest BCUT2D eigenvalue weighted by atomic mass is 16.5. The predicted octanol–water partition coefficient (Wildman–Crippen LogP) is -0.700. The number of carboxylic acid groups (broad SMARTS) is 1. The topological polar surface area (TPSA) is 139 Å². The van der Waals surface area contributed by atoms with Gasteiger partial charge >= 0.3 is 18.0 Å². The molecule has 1 atom stereocenters. The Kier molecular flexibility index (Phi) is 8.51. The highest BCUT2D eigenvalue weighted by Crippen LogP contribution is 1.99. The van der Waals surface area contributed by atoms with E-state index in [9.17, 15) is 19.2 Å². The van der Waals surface area contributed by atoms with Gasteiger partial charge in [0.05, 0.1) is 13.0 Å². The van der Waals surface area contributed by atoms with Crippen molar-refractivity contribution in [3.63, 3.8) is 0 Å². The van der Waals surface area contributed by atoms with Crippen LogP contribution in [-0.2, 0) is 19.1 Å². The average molecular weight is 303 g/mol. The molecule has 120 valence electrons. The van der Waals surface area contributed by atoms with Gasteiger partial charge in [-0.25, -0.2) is 9.59 Å². The molecule has 0 aliphatic carbocycles. The second-order valence-electron chi connectivity index (χ2n) is 4.24. The number of hydrogen-bond acceptors (Lipinski definition) is 5. The Morgan fingerprint density at radius 2 is 1.90 bits per heavy atom. The number of carbonyl (C=O) groups is 4. The fourth-order valence-electron chi connectivity index (χ4n) is 1.53. The van der Waals surface area contributed by atoms with Crippen LogP contribution in [0.15, 0.2) is 0 Å². The number of ether oxygens (including phenoxy) is 1. The van der Waals surface area contributed by atoms with Crippen LogP contribution in [0.5, 0.6) is 0 Å². The van der Waals surface area contributed by atoms with Gasteiger partial charge in [0.25, 0.3) is 0 Å². The van der Waals surface area contributed by atoms with Gasteiger partial charge in [-0.2, -0.15) is 0 Å². The van der Waals surface area contributed by atoms with Gasteiger partial charge in [-0.1, -0.05) is 6.92 Å². The number of aliphatic carboxylic acids is 1. The fraction of sp³-hybridized carbons (Fsp3) is 0.667. The van der Waals surface area contributed by atoms with Gasteiger partial charge in [-0.05, 0) is 13.3 Å². The summed E-state index contributed by atoms with van der Waals surface area (Å²) in [5.74, 6) is -2.83. The molecule has 0 bridgehead atoms. The molecule has 0 radical (unpaired) electrons. The number of amides is 3. The molecule has 9 nitrogen and oxygen atoms in total. The molecule has 21 heavy (non-hydrogen) atoms. The molecule has 0 heterocycles. The van der Waals surface area contributed by atoms with E-state index in [1.165, 1.54) is 0 Å². The van der Waals surface area contributed by atoms with Gasteiger partial charge in [0.15, 0.2) is 0 Å². The van der Waals surface area contributed by atoms with E-state index in [0.717, 1.165) is 4.90 Å². The molecule has 0 fully saturated rings. The Morgan fingerprint density at radius 1 is 1.29 bits per heavy atom. The summed E-state index contributed by atoms with van der Waals surface area (Å²) in [6.45, 7) is 3.56. The summed E-state index contributed by atoms with van der Waals surface area (Å²) in [5.41, 5.74) is 4.92. The number of rotatable bonds is 9. The number of nitrogens with zero attached hydrogens (tertiary/aromatic N) is 1. The summed E-state index contributed by atoms with van der Waals surface area (Å²) in [6.07, 6.45) is 0.0425. The summed E-state index contributed by atoms with van der Waals surface area (Å²) in [6, 6.07) is -2.20. The highest BCUT2D eigenvalue weighted by molar-refractivity contribution is 5.88. The molecule has 3 amide bonds. The van der Waals surface area contributed by atoms with Gasteiger partial charge in [-0.3, -0.25) is 9.59 Å². The number of urea groups is 1. The molecule has 0 rings (SSSR count). The number of nitrogens with one attached hydrogen (secondary N) is 1. The van der Waals surface area contributed by atoms with Crippen LogP contribution >= 0.6 is 0 Å². The van der Waals surface area contributed by atoms with Gasteiger partial charge in [0.1, 0.15) is 12.6 Å². The van der Waals surface area contributed by atoms with Crippen LogP contribution in [0.25, 0.3) is 0 Å². The Bertz CT molecular complexity index is 398. The zero-order valence-electron chi connectivity index (χ0n) is 12.1. The van der Waals surface area contributed by atoms with Crippen LogP contribution in [0.4, 0.5) is 4.79 Å². The monoisotopic (exact) mass is 303 g/mol. The summed E-state index contributed by atoms with van der Waals surface area (Å²) in [4.78, 5) is 46.2. The molecular weight excluding hydrogens is 282 g/mol. The van der Waals surface area contributed by atoms with Crippen molar-refractivity contribution in [1.82, 2.24) is 10.2 Å². The van der Waals surface area contributed by atoms with Crippen LogP contribution in [0, 0.1) is 0 Å². The SMILES string of the molecule is CCCN(CC(=O)OCC)C(=O)N[C@H](CC(N)=O)C(=O)O. The van der Waals surface area contributed by atoms with Crippen LogP contribution in [-0.4, -0.2) is 59.6 Å². The maximum atomic E-state index is 12.0. The van der Waals surface area contributed by atoms with E-state index >= 15 is 0 Å². The quantitative estimate of drug-likeness (QED) is 0.481.